The summed E-state index contributed by atoms with van der Waals surface area (Å²) in [5, 5.41) is 6.36. The molecule has 3 rings (SSSR count). The Balaban J connectivity index is 1.57. The van der Waals surface area contributed by atoms with Crippen molar-refractivity contribution >= 4 is 15.8 Å². The van der Waals surface area contributed by atoms with Crippen molar-refractivity contribution in [2.75, 3.05) is 13.3 Å². The van der Waals surface area contributed by atoms with Crippen molar-refractivity contribution in [3.05, 3.63) is 71.7 Å². The fourth-order valence-corrected chi connectivity index (χ4v) is 3.89. The van der Waals surface area contributed by atoms with Gasteiger partial charge in [0, 0.05) is 25.4 Å². The summed E-state index contributed by atoms with van der Waals surface area (Å²) in [6.45, 7) is 2.68. The molecule has 0 aliphatic carbocycles. The maximum Gasteiger partial charge on any atom is 0.214 e. The SMILES string of the molecule is CN=C(NCc1ccc(S(C)(=O)=O)c(C)c1)NCc1ncc(-c2ccccc2)o1. The molecule has 152 valence electrons. The van der Waals surface area contributed by atoms with Crippen molar-refractivity contribution in [1.82, 2.24) is 15.6 Å². The molecular weight excluding hydrogens is 388 g/mol. The largest absolute Gasteiger partial charge is 0.439 e. The molecular formula is C21H24N4O3S. The third-order valence-corrected chi connectivity index (χ3v) is 5.60. The van der Waals surface area contributed by atoms with Crippen LogP contribution in [0.25, 0.3) is 11.3 Å². The molecule has 1 aromatic heterocycles. The first-order valence-electron chi connectivity index (χ1n) is 9.11. The summed E-state index contributed by atoms with van der Waals surface area (Å²) in [5.74, 6) is 1.86. The molecule has 0 atom stereocenters. The van der Waals surface area contributed by atoms with Crippen LogP contribution in [0, 0.1) is 6.92 Å². The van der Waals surface area contributed by atoms with Gasteiger partial charge in [-0.2, -0.15) is 0 Å². The van der Waals surface area contributed by atoms with E-state index in [4.69, 9.17) is 4.42 Å². The predicted molar refractivity (Wildman–Crippen MR) is 113 cm³/mol. The lowest BCUT2D eigenvalue weighted by Crippen LogP contribution is -2.36. The first-order chi connectivity index (χ1) is 13.9. The van der Waals surface area contributed by atoms with E-state index in [2.05, 4.69) is 20.6 Å². The van der Waals surface area contributed by atoms with Crippen LogP contribution in [0.15, 0.2) is 69.0 Å². The van der Waals surface area contributed by atoms with Gasteiger partial charge in [-0.25, -0.2) is 13.4 Å². The smallest absolute Gasteiger partial charge is 0.214 e. The van der Waals surface area contributed by atoms with Crippen molar-refractivity contribution in [2.45, 2.75) is 24.9 Å². The Labute approximate surface area is 170 Å². The van der Waals surface area contributed by atoms with Crippen LogP contribution in [-0.4, -0.2) is 32.7 Å². The van der Waals surface area contributed by atoms with E-state index in [0.717, 1.165) is 16.7 Å². The molecule has 2 aromatic carbocycles. The first kappa shape index (κ1) is 20.6. The van der Waals surface area contributed by atoms with Gasteiger partial charge in [-0.15, -0.1) is 0 Å². The van der Waals surface area contributed by atoms with Gasteiger partial charge < -0.3 is 15.1 Å². The van der Waals surface area contributed by atoms with Crippen molar-refractivity contribution in [1.29, 1.82) is 0 Å². The minimum Gasteiger partial charge on any atom is -0.439 e. The molecule has 0 fully saturated rings. The number of nitrogens with zero attached hydrogens (tertiary/aromatic N) is 2. The van der Waals surface area contributed by atoms with E-state index in [9.17, 15) is 8.42 Å². The molecule has 1 heterocycles. The second-order valence-electron chi connectivity index (χ2n) is 6.64. The summed E-state index contributed by atoms with van der Waals surface area (Å²) in [4.78, 5) is 8.83. The van der Waals surface area contributed by atoms with Crippen LogP contribution in [0.2, 0.25) is 0 Å². The molecule has 0 spiro atoms. The lowest BCUT2D eigenvalue weighted by Gasteiger charge is -2.12. The number of oxazole rings is 1. The van der Waals surface area contributed by atoms with Crippen LogP contribution >= 0.6 is 0 Å². The zero-order valence-corrected chi connectivity index (χ0v) is 17.5. The number of aliphatic imine (C=N–C) groups is 1. The number of sulfone groups is 1. The molecule has 0 saturated heterocycles. The third kappa shape index (κ3) is 5.45. The molecule has 7 nitrogen and oxygen atoms in total. The maximum absolute atomic E-state index is 11.7. The molecule has 8 heteroatoms. The number of hydrogen-bond donors (Lipinski definition) is 2. The van der Waals surface area contributed by atoms with Crippen LogP contribution < -0.4 is 10.6 Å². The Morgan fingerprint density at radius 3 is 2.48 bits per heavy atom. The standard InChI is InChI=1S/C21H24N4O3S/c1-15-11-16(9-10-19(15)29(3,26)27)12-24-21(22-2)25-14-20-23-13-18(28-20)17-7-5-4-6-8-17/h4-11,13H,12,14H2,1-3H3,(H2,22,24,25). The number of aromatic nitrogens is 1. The second kappa shape index (κ2) is 8.91. The van der Waals surface area contributed by atoms with Gasteiger partial charge in [0.25, 0.3) is 0 Å². The summed E-state index contributed by atoms with van der Waals surface area (Å²) in [7, 11) is -1.54. The zero-order chi connectivity index (χ0) is 20.9. The highest BCUT2D eigenvalue weighted by Gasteiger charge is 2.11. The molecule has 29 heavy (non-hydrogen) atoms. The van der Waals surface area contributed by atoms with E-state index in [1.54, 1.807) is 32.3 Å². The number of benzene rings is 2. The number of hydrogen-bond acceptors (Lipinski definition) is 5. The average molecular weight is 413 g/mol. The van der Waals surface area contributed by atoms with Crippen LogP contribution in [0.1, 0.15) is 17.0 Å². The van der Waals surface area contributed by atoms with Gasteiger partial charge >= 0.3 is 0 Å². The van der Waals surface area contributed by atoms with Gasteiger partial charge in [0.15, 0.2) is 21.6 Å². The van der Waals surface area contributed by atoms with Gasteiger partial charge in [-0.1, -0.05) is 42.5 Å². The topological polar surface area (TPSA) is 96.6 Å². The van der Waals surface area contributed by atoms with Gasteiger partial charge in [-0.3, -0.25) is 4.99 Å². The monoisotopic (exact) mass is 412 g/mol. The highest BCUT2D eigenvalue weighted by molar-refractivity contribution is 7.90. The van der Waals surface area contributed by atoms with Crippen molar-refractivity contribution in [3.8, 4) is 11.3 Å². The van der Waals surface area contributed by atoms with Crippen LogP contribution in [-0.2, 0) is 22.9 Å². The fraction of sp³-hybridized carbons (Fsp3) is 0.238. The Kier molecular flexibility index (Phi) is 6.33. The average Bonchev–Trinajstić information content (AvgIpc) is 3.17. The minimum absolute atomic E-state index is 0.349. The summed E-state index contributed by atoms with van der Waals surface area (Å²) < 4.78 is 29.2. The summed E-state index contributed by atoms with van der Waals surface area (Å²) in [6.07, 6.45) is 2.92. The van der Waals surface area contributed by atoms with E-state index in [-0.39, 0.29) is 0 Å². The van der Waals surface area contributed by atoms with Gasteiger partial charge in [-0.05, 0) is 24.1 Å². The second-order valence-corrected chi connectivity index (χ2v) is 8.62. The lowest BCUT2D eigenvalue weighted by molar-refractivity contribution is 0.497. The highest BCUT2D eigenvalue weighted by Crippen LogP contribution is 2.19. The molecule has 0 aliphatic heterocycles. The highest BCUT2D eigenvalue weighted by atomic mass is 32.2. The third-order valence-electron chi connectivity index (χ3n) is 4.34. The number of guanidine groups is 1. The summed E-state index contributed by atoms with van der Waals surface area (Å²) in [6, 6.07) is 15.1. The van der Waals surface area contributed by atoms with Crippen LogP contribution in [0.4, 0.5) is 0 Å². The predicted octanol–water partition coefficient (Wildman–Crippen LogP) is 2.92. The van der Waals surface area contributed by atoms with Crippen molar-refractivity contribution < 1.29 is 12.8 Å². The Bertz CT molecular complexity index is 1110. The van der Waals surface area contributed by atoms with E-state index >= 15 is 0 Å². The Hall–Kier alpha value is -3.13. The normalized spacial score (nSPS) is 12.0. The van der Waals surface area contributed by atoms with Crippen molar-refractivity contribution in [3.63, 3.8) is 0 Å². The molecule has 0 amide bonds. The zero-order valence-electron chi connectivity index (χ0n) is 16.6. The van der Waals surface area contributed by atoms with E-state index < -0.39 is 9.84 Å². The Morgan fingerprint density at radius 2 is 1.83 bits per heavy atom. The van der Waals surface area contributed by atoms with Gasteiger partial charge in [0.1, 0.15) is 0 Å². The molecule has 0 aliphatic rings. The molecule has 0 saturated carbocycles. The van der Waals surface area contributed by atoms with Gasteiger partial charge in [0.2, 0.25) is 5.89 Å². The van der Waals surface area contributed by atoms with E-state index in [1.807, 2.05) is 36.4 Å². The van der Waals surface area contributed by atoms with E-state index in [0.29, 0.717) is 35.6 Å². The van der Waals surface area contributed by atoms with Crippen LogP contribution in [0.5, 0.6) is 0 Å². The van der Waals surface area contributed by atoms with Crippen LogP contribution in [0.3, 0.4) is 0 Å². The molecule has 0 bridgehead atoms. The molecule has 0 radical (unpaired) electrons. The Morgan fingerprint density at radius 1 is 1.10 bits per heavy atom. The maximum atomic E-state index is 11.7. The lowest BCUT2D eigenvalue weighted by atomic mass is 10.1. The minimum atomic E-state index is -3.22. The summed E-state index contributed by atoms with van der Waals surface area (Å²) >= 11 is 0. The quantitative estimate of drug-likeness (QED) is 0.477. The fourth-order valence-electron chi connectivity index (χ4n) is 2.93. The van der Waals surface area contributed by atoms with Crippen molar-refractivity contribution in [2.24, 2.45) is 4.99 Å². The number of aryl methyl sites for hydroxylation is 1. The van der Waals surface area contributed by atoms with Gasteiger partial charge in [0.05, 0.1) is 17.6 Å². The first-order valence-corrected chi connectivity index (χ1v) is 11.0. The molecule has 3 aromatic rings. The van der Waals surface area contributed by atoms with E-state index in [1.165, 1.54) is 6.26 Å². The summed E-state index contributed by atoms with van der Waals surface area (Å²) in [5.41, 5.74) is 2.66. The number of rotatable bonds is 6. The number of nitrogens with one attached hydrogen (secondary N) is 2. The molecule has 2 N–H and O–H groups in total. The molecule has 0 unspecified atom stereocenters.